The van der Waals surface area contributed by atoms with E-state index in [1.54, 1.807) is 0 Å². The van der Waals surface area contributed by atoms with E-state index in [2.05, 4.69) is 30.2 Å². The van der Waals surface area contributed by atoms with Crippen LogP contribution in [-0.2, 0) is 17.7 Å². The van der Waals surface area contributed by atoms with Crippen LogP contribution in [0.25, 0.3) is 0 Å². The van der Waals surface area contributed by atoms with Crippen molar-refractivity contribution in [2.45, 2.75) is 84.5 Å². The number of aryl methyl sites for hydroxylation is 1. The van der Waals surface area contributed by atoms with Crippen LogP contribution in [0, 0.1) is 0 Å². The summed E-state index contributed by atoms with van der Waals surface area (Å²) in [4.78, 5) is 18.8. The van der Waals surface area contributed by atoms with Crippen LogP contribution in [0.2, 0.25) is 0 Å². The number of aromatic nitrogens is 1. The average molecular weight is 348 g/mol. The van der Waals surface area contributed by atoms with Gasteiger partial charge >= 0.3 is 6.09 Å². The molecule has 1 amide bonds. The maximum Gasteiger partial charge on any atom is 0.410 e. The Labute approximate surface area is 152 Å². The van der Waals surface area contributed by atoms with Gasteiger partial charge in [0.15, 0.2) is 0 Å². The second-order valence-corrected chi connectivity index (χ2v) is 7.95. The minimum absolute atomic E-state index is 0.180. The van der Waals surface area contributed by atoms with Gasteiger partial charge < -0.3 is 15.0 Å². The third-order valence-corrected chi connectivity index (χ3v) is 4.61. The Bertz CT molecular complexity index is 568. The van der Waals surface area contributed by atoms with Gasteiger partial charge in [0.2, 0.25) is 0 Å². The van der Waals surface area contributed by atoms with E-state index >= 15 is 0 Å². The molecule has 5 heteroatoms. The van der Waals surface area contributed by atoms with Crippen molar-refractivity contribution in [2.24, 2.45) is 0 Å². The van der Waals surface area contributed by atoms with E-state index in [1.165, 1.54) is 5.56 Å². The number of pyridine rings is 1. The molecule has 1 aromatic heterocycles. The molecule has 1 saturated heterocycles. The lowest BCUT2D eigenvalue weighted by Gasteiger charge is -2.30. The molecule has 0 bridgehead atoms. The standard InChI is InChI=1S/C20H33N3O2/c1-6-16-9-7-11-21-18(16)14-22-15(2)13-17-10-8-12-23(17)19(24)25-20(3,4)5/h7,9,11,15,17,22H,6,8,10,12-14H2,1-5H3. The van der Waals surface area contributed by atoms with E-state index in [0.29, 0.717) is 6.04 Å². The van der Waals surface area contributed by atoms with Crippen molar-refractivity contribution in [3.05, 3.63) is 29.6 Å². The van der Waals surface area contributed by atoms with Crippen LogP contribution < -0.4 is 5.32 Å². The Kier molecular flexibility index (Phi) is 6.82. The van der Waals surface area contributed by atoms with E-state index in [9.17, 15) is 4.79 Å². The molecule has 0 spiro atoms. The summed E-state index contributed by atoms with van der Waals surface area (Å²) in [7, 11) is 0. The molecule has 1 aromatic rings. The second kappa shape index (κ2) is 8.65. The summed E-state index contributed by atoms with van der Waals surface area (Å²) in [6.45, 7) is 11.6. The number of ether oxygens (including phenoxy) is 1. The molecule has 1 N–H and O–H groups in total. The fraction of sp³-hybridized carbons (Fsp3) is 0.700. The summed E-state index contributed by atoms with van der Waals surface area (Å²) in [5.41, 5.74) is 1.97. The van der Waals surface area contributed by atoms with Crippen molar-refractivity contribution in [1.29, 1.82) is 0 Å². The van der Waals surface area contributed by atoms with Crippen molar-refractivity contribution in [3.8, 4) is 0 Å². The number of hydrogen-bond acceptors (Lipinski definition) is 4. The summed E-state index contributed by atoms with van der Waals surface area (Å²) < 4.78 is 5.55. The molecule has 25 heavy (non-hydrogen) atoms. The van der Waals surface area contributed by atoms with Gasteiger partial charge in [0.05, 0.1) is 5.69 Å². The lowest BCUT2D eigenvalue weighted by Crippen LogP contribution is -2.42. The summed E-state index contributed by atoms with van der Waals surface area (Å²) >= 11 is 0. The Hall–Kier alpha value is -1.62. The molecule has 1 fully saturated rings. The van der Waals surface area contributed by atoms with Crippen molar-refractivity contribution in [1.82, 2.24) is 15.2 Å². The number of nitrogens with zero attached hydrogens (tertiary/aromatic N) is 2. The summed E-state index contributed by atoms with van der Waals surface area (Å²) in [6.07, 6.45) is 5.70. The van der Waals surface area contributed by atoms with Crippen LogP contribution in [0.1, 0.15) is 65.1 Å². The van der Waals surface area contributed by atoms with Crippen LogP contribution in [0.5, 0.6) is 0 Å². The molecule has 0 radical (unpaired) electrons. The first-order valence-corrected chi connectivity index (χ1v) is 9.46. The molecule has 1 aliphatic heterocycles. The highest BCUT2D eigenvalue weighted by Crippen LogP contribution is 2.24. The van der Waals surface area contributed by atoms with Crippen LogP contribution in [-0.4, -0.2) is 40.2 Å². The van der Waals surface area contributed by atoms with Crippen LogP contribution >= 0.6 is 0 Å². The molecule has 2 rings (SSSR count). The zero-order chi connectivity index (χ0) is 18.4. The SMILES string of the molecule is CCc1cccnc1CNC(C)CC1CCCN1C(=O)OC(C)(C)C. The van der Waals surface area contributed by atoms with E-state index in [0.717, 1.165) is 44.5 Å². The highest BCUT2D eigenvalue weighted by atomic mass is 16.6. The lowest BCUT2D eigenvalue weighted by molar-refractivity contribution is 0.0214. The van der Waals surface area contributed by atoms with Crippen LogP contribution in [0.4, 0.5) is 4.79 Å². The molecule has 5 nitrogen and oxygen atoms in total. The average Bonchev–Trinajstić information content (AvgIpc) is 2.99. The Morgan fingerprint density at radius 3 is 2.92 bits per heavy atom. The fourth-order valence-electron chi connectivity index (χ4n) is 3.36. The Morgan fingerprint density at radius 2 is 2.24 bits per heavy atom. The van der Waals surface area contributed by atoms with Gasteiger partial charge in [-0.15, -0.1) is 0 Å². The van der Waals surface area contributed by atoms with Gasteiger partial charge in [-0.1, -0.05) is 13.0 Å². The first-order valence-electron chi connectivity index (χ1n) is 9.46. The van der Waals surface area contributed by atoms with Gasteiger partial charge in [0.1, 0.15) is 5.60 Å². The first kappa shape index (κ1) is 19.7. The quantitative estimate of drug-likeness (QED) is 0.847. The number of nitrogens with one attached hydrogen (secondary N) is 1. The van der Waals surface area contributed by atoms with E-state index in [-0.39, 0.29) is 12.1 Å². The molecule has 140 valence electrons. The summed E-state index contributed by atoms with van der Waals surface area (Å²) in [5.74, 6) is 0. The Morgan fingerprint density at radius 1 is 1.48 bits per heavy atom. The largest absolute Gasteiger partial charge is 0.444 e. The smallest absolute Gasteiger partial charge is 0.410 e. The predicted octanol–water partition coefficient (Wildman–Crippen LogP) is 3.91. The fourth-order valence-corrected chi connectivity index (χ4v) is 3.36. The number of likely N-dealkylation sites (tertiary alicyclic amines) is 1. The number of carbonyl (C=O) groups excluding carboxylic acids is 1. The summed E-state index contributed by atoms with van der Waals surface area (Å²) in [5, 5.41) is 3.57. The maximum absolute atomic E-state index is 12.4. The lowest BCUT2D eigenvalue weighted by atomic mass is 10.1. The highest BCUT2D eigenvalue weighted by molar-refractivity contribution is 5.68. The minimum atomic E-state index is -0.441. The van der Waals surface area contributed by atoms with Crippen molar-refractivity contribution in [3.63, 3.8) is 0 Å². The van der Waals surface area contributed by atoms with Crippen LogP contribution in [0.15, 0.2) is 18.3 Å². The van der Waals surface area contributed by atoms with Crippen LogP contribution in [0.3, 0.4) is 0 Å². The molecule has 0 aliphatic carbocycles. The molecular formula is C20H33N3O2. The normalized spacial score (nSPS) is 19.1. The van der Waals surface area contributed by atoms with E-state index in [4.69, 9.17) is 4.74 Å². The maximum atomic E-state index is 12.4. The van der Waals surface area contributed by atoms with Gasteiger partial charge in [-0.05, 0) is 65.0 Å². The molecule has 1 aliphatic rings. The van der Waals surface area contributed by atoms with E-state index < -0.39 is 5.60 Å². The molecule has 2 atom stereocenters. The topological polar surface area (TPSA) is 54.5 Å². The van der Waals surface area contributed by atoms with Gasteiger partial charge in [-0.2, -0.15) is 0 Å². The number of carbonyl (C=O) groups is 1. The first-order chi connectivity index (χ1) is 11.8. The van der Waals surface area contributed by atoms with Gasteiger partial charge in [-0.25, -0.2) is 4.79 Å². The van der Waals surface area contributed by atoms with Crippen molar-refractivity contribution in [2.75, 3.05) is 6.54 Å². The molecule has 0 aromatic carbocycles. The molecule has 0 saturated carbocycles. The van der Waals surface area contributed by atoms with Gasteiger partial charge in [0.25, 0.3) is 0 Å². The number of amides is 1. The zero-order valence-electron chi connectivity index (χ0n) is 16.3. The Balaban J connectivity index is 1.86. The number of hydrogen-bond donors (Lipinski definition) is 1. The third-order valence-electron chi connectivity index (χ3n) is 4.61. The minimum Gasteiger partial charge on any atom is -0.444 e. The monoisotopic (exact) mass is 347 g/mol. The van der Waals surface area contributed by atoms with Crippen molar-refractivity contribution >= 4 is 6.09 Å². The highest BCUT2D eigenvalue weighted by Gasteiger charge is 2.32. The van der Waals surface area contributed by atoms with E-state index in [1.807, 2.05) is 37.9 Å². The zero-order valence-corrected chi connectivity index (χ0v) is 16.3. The van der Waals surface area contributed by atoms with Gasteiger partial charge in [0, 0.05) is 31.4 Å². The second-order valence-electron chi connectivity index (χ2n) is 7.95. The summed E-state index contributed by atoms with van der Waals surface area (Å²) in [6, 6.07) is 4.70. The van der Waals surface area contributed by atoms with Gasteiger partial charge in [-0.3, -0.25) is 4.98 Å². The third kappa shape index (κ3) is 5.99. The van der Waals surface area contributed by atoms with Crippen molar-refractivity contribution < 1.29 is 9.53 Å². The number of rotatable bonds is 6. The predicted molar refractivity (Wildman–Crippen MR) is 100 cm³/mol. The molecule has 2 heterocycles. The molecule has 2 unspecified atom stereocenters. The molecular weight excluding hydrogens is 314 g/mol.